The zero-order valence-electron chi connectivity index (χ0n) is 19.1. The number of nitrogens with one attached hydrogen (secondary N) is 1. The summed E-state index contributed by atoms with van der Waals surface area (Å²) in [4.78, 5) is 7.87. The predicted octanol–water partition coefficient (Wildman–Crippen LogP) is 7.53. The summed E-state index contributed by atoms with van der Waals surface area (Å²) in [6.45, 7) is 6.79. The number of imidazole rings is 1. The molecule has 3 aromatic carbocycles. The number of hydrogen-bond acceptors (Lipinski definition) is 4. The number of benzene rings is 3. The van der Waals surface area contributed by atoms with Crippen LogP contribution in [0.4, 0.5) is 0 Å². The van der Waals surface area contributed by atoms with Crippen LogP contribution in [0.25, 0.3) is 22.7 Å². The molecule has 0 atom stereocenters. The van der Waals surface area contributed by atoms with E-state index >= 15 is 0 Å². The smallest absolute Gasteiger partial charge is 0.161 e. The van der Waals surface area contributed by atoms with Crippen LogP contribution in [0.2, 0.25) is 10.0 Å². The van der Waals surface area contributed by atoms with Gasteiger partial charge in [0, 0.05) is 0 Å². The van der Waals surface area contributed by atoms with Crippen LogP contribution in [-0.4, -0.2) is 16.6 Å². The van der Waals surface area contributed by atoms with E-state index < -0.39 is 0 Å². The maximum Gasteiger partial charge on any atom is 0.161 e. The molecule has 34 heavy (non-hydrogen) atoms. The Balaban J connectivity index is 1.61. The van der Waals surface area contributed by atoms with E-state index in [0.717, 1.165) is 27.7 Å². The molecule has 0 fully saturated rings. The SMILES string of the molecule is CCOc1cc(/C=C(\C#N)c2nc3cc(C)c(C)cc3[nH]2)ccc1OCc1ccc(Cl)c(Cl)c1. The number of allylic oxidation sites excluding steroid dienone is 1. The van der Waals surface area contributed by atoms with E-state index in [4.69, 9.17) is 32.7 Å². The average Bonchev–Trinajstić information content (AvgIpc) is 3.22. The Bertz CT molecular complexity index is 1400. The lowest BCUT2D eigenvalue weighted by Crippen LogP contribution is -2.00. The van der Waals surface area contributed by atoms with Crippen molar-refractivity contribution in [1.82, 2.24) is 9.97 Å². The zero-order chi connectivity index (χ0) is 24.2. The third-order valence-electron chi connectivity index (χ3n) is 5.43. The van der Waals surface area contributed by atoms with Crippen molar-refractivity contribution in [1.29, 1.82) is 5.26 Å². The largest absolute Gasteiger partial charge is 0.490 e. The van der Waals surface area contributed by atoms with Gasteiger partial charge in [0.2, 0.25) is 0 Å². The van der Waals surface area contributed by atoms with E-state index in [1.54, 1.807) is 18.2 Å². The lowest BCUT2D eigenvalue weighted by atomic mass is 10.1. The van der Waals surface area contributed by atoms with Crippen molar-refractivity contribution in [3.63, 3.8) is 0 Å². The van der Waals surface area contributed by atoms with Gasteiger partial charge in [0.1, 0.15) is 18.5 Å². The third-order valence-corrected chi connectivity index (χ3v) is 6.17. The van der Waals surface area contributed by atoms with E-state index in [1.165, 1.54) is 5.56 Å². The Labute approximate surface area is 208 Å². The highest BCUT2D eigenvalue weighted by atomic mass is 35.5. The molecule has 4 rings (SSSR count). The molecule has 0 aliphatic heterocycles. The molecule has 1 heterocycles. The number of aromatic amines is 1. The average molecular weight is 492 g/mol. The highest BCUT2D eigenvalue weighted by molar-refractivity contribution is 6.42. The highest BCUT2D eigenvalue weighted by Gasteiger charge is 2.12. The van der Waals surface area contributed by atoms with Gasteiger partial charge in [-0.25, -0.2) is 4.98 Å². The fourth-order valence-corrected chi connectivity index (χ4v) is 3.83. The molecule has 1 N–H and O–H groups in total. The summed E-state index contributed by atoms with van der Waals surface area (Å²) in [7, 11) is 0. The van der Waals surface area contributed by atoms with Crippen molar-refractivity contribution in [3.8, 4) is 17.6 Å². The van der Waals surface area contributed by atoms with Crippen LogP contribution >= 0.6 is 23.2 Å². The van der Waals surface area contributed by atoms with Gasteiger partial charge in [-0.05, 0) is 85.5 Å². The first-order valence-electron chi connectivity index (χ1n) is 10.8. The zero-order valence-corrected chi connectivity index (χ0v) is 20.6. The fraction of sp³-hybridized carbons (Fsp3) is 0.185. The quantitative estimate of drug-likeness (QED) is 0.271. The van der Waals surface area contributed by atoms with Gasteiger partial charge in [0.15, 0.2) is 11.5 Å². The number of hydrogen-bond donors (Lipinski definition) is 1. The molecule has 172 valence electrons. The minimum Gasteiger partial charge on any atom is -0.490 e. The first kappa shape index (κ1) is 23.7. The molecule has 1 aromatic heterocycles. The second-order valence-corrected chi connectivity index (χ2v) is 8.70. The molecule has 4 aromatic rings. The van der Waals surface area contributed by atoms with Crippen LogP contribution in [0.15, 0.2) is 48.5 Å². The molecule has 0 aliphatic rings. The molecule has 0 bridgehead atoms. The van der Waals surface area contributed by atoms with Gasteiger partial charge in [-0.2, -0.15) is 5.26 Å². The van der Waals surface area contributed by atoms with Gasteiger partial charge in [-0.1, -0.05) is 35.3 Å². The van der Waals surface area contributed by atoms with E-state index in [2.05, 4.69) is 23.0 Å². The van der Waals surface area contributed by atoms with E-state index in [9.17, 15) is 5.26 Å². The van der Waals surface area contributed by atoms with Crippen LogP contribution in [-0.2, 0) is 6.61 Å². The molecule has 0 amide bonds. The molecular weight excluding hydrogens is 469 g/mol. The highest BCUT2D eigenvalue weighted by Crippen LogP contribution is 2.32. The van der Waals surface area contributed by atoms with Crippen LogP contribution in [0, 0.1) is 25.2 Å². The van der Waals surface area contributed by atoms with Gasteiger partial charge >= 0.3 is 0 Å². The second kappa shape index (κ2) is 10.2. The predicted molar refractivity (Wildman–Crippen MR) is 137 cm³/mol. The monoisotopic (exact) mass is 491 g/mol. The molecule has 0 saturated carbocycles. The number of nitriles is 1. The standard InChI is InChI=1S/C27H23Cl2N3O2/c1-4-33-26-13-18(6-8-25(26)34-15-19-5-7-21(28)22(29)12-19)11-20(14-30)27-31-23-9-16(2)17(3)10-24(23)32-27/h5-13H,4,15H2,1-3H3,(H,31,32)/b20-11+. The van der Waals surface area contributed by atoms with Crippen molar-refractivity contribution in [2.24, 2.45) is 0 Å². The van der Waals surface area contributed by atoms with Crippen LogP contribution < -0.4 is 9.47 Å². The Hall–Kier alpha value is -3.46. The third kappa shape index (κ3) is 5.20. The van der Waals surface area contributed by atoms with Gasteiger partial charge in [-0.3, -0.25) is 0 Å². The summed E-state index contributed by atoms with van der Waals surface area (Å²) in [5.74, 6) is 1.71. The van der Waals surface area contributed by atoms with Crippen molar-refractivity contribution >= 4 is 45.9 Å². The maximum absolute atomic E-state index is 9.80. The Morgan fingerprint density at radius 1 is 1.00 bits per heavy atom. The maximum atomic E-state index is 9.80. The molecule has 5 nitrogen and oxygen atoms in total. The van der Waals surface area contributed by atoms with Gasteiger partial charge in [-0.15, -0.1) is 0 Å². The summed E-state index contributed by atoms with van der Waals surface area (Å²) in [5.41, 5.74) is 6.19. The number of aromatic nitrogens is 2. The first-order valence-corrected chi connectivity index (χ1v) is 11.6. The Kier molecular flexibility index (Phi) is 7.12. The van der Waals surface area contributed by atoms with E-state index in [-0.39, 0.29) is 0 Å². The summed E-state index contributed by atoms with van der Waals surface area (Å²) in [5, 5.41) is 10.8. The molecule has 7 heteroatoms. The number of H-pyrrole nitrogens is 1. The van der Waals surface area contributed by atoms with Gasteiger partial charge in [0.05, 0.1) is 33.3 Å². The fourth-order valence-electron chi connectivity index (χ4n) is 3.51. The van der Waals surface area contributed by atoms with Crippen molar-refractivity contribution in [2.75, 3.05) is 6.61 Å². The number of fused-ring (bicyclic) bond motifs is 1. The second-order valence-electron chi connectivity index (χ2n) is 7.89. The number of aryl methyl sites for hydroxylation is 2. The lowest BCUT2D eigenvalue weighted by molar-refractivity contribution is 0.269. The van der Waals surface area contributed by atoms with Gasteiger partial charge < -0.3 is 14.5 Å². The van der Waals surface area contributed by atoms with Crippen molar-refractivity contribution < 1.29 is 9.47 Å². The van der Waals surface area contributed by atoms with Crippen LogP contribution in [0.1, 0.15) is 35.0 Å². The molecule has 0 radical (unpaired) electrons. The summed E-state index contributed by atoms with van der Waals surface area (Å²) in [6, 6.07) is 17.2. The van der Waals surface area contributed by atoms with Crippen molar-refractivity contribution in [2.45, 2.75) is 27.4 Å². The summed E-state index contributed by atoms with van der Waals surface area (Å²) in [6.07, 6.45) is 1.78. The minimum absolute atomic E-state index is 0.313. The van der Waals surface area contributed by atoms with Crippen LogP contribution in [0.3, 0.4) is 0 Å². The number of rotatable bonds is 7. The van der Waals surface area contributed by atoms with E-state index in [1.807, 2.05) is 50.2 Å². The number of ether oxygens (including phenoxy) is 2. The lowest BCUT2D eigenvalue weighted by Gasteiger charge is -2.13. The number of halogens is 2. The van der Waals surface area contributed by atoms with Crippen LogP contribution in [0.5, 0.6) is 11.5 Å². The van der Waals surface area contributed by atoms with Crippen molar-refractivity contribution in [3.05, 3.63) is 86.7 Å². The van der Waals surface area contributed by atoms with E-state index in [0.29, 0.717) is 46.2 Å². The normalized spacial score (nSPS) is 11.5. The topological polar surface area (TPSA) is 70.9 Å². The van der Waals surface area contributed by atoms with Gasteiger partial charge in [0.25, 0.3) is 0 Å². The molecular formula is C27H23Cl2N3O2. The molecule has 0 spiro atoms. The summed E-state index contributed by atoms with van der Waals surface area (Å²) >= 11 is 12.1. The molecule has 0 saturated heterocycles. The Morgan fingerprint density at radius 3 is 2.53 bits per heavy atom. The first-order chi connectivity index (χ1) is 16.4. The summed E-state index contributed by atoms with van der Waals surface area (Å²) < 4.78 is 11.8. The Morgan fingerprint density at radius 2 is 1.79 bits per heavy atom. The minimum atomic E-state index is 0.313. The molecule has 0 aliphatic carbocycles. The molecule has 0 unspecified atom stereocenters. The number of nitrogens with zero attached hydrogens (tertiary/aromatic N) is 2.